The van der Waals surface area contributed by atoms with Crippen LogP contribution in [0, 0.1) is 0 Å². The van der Waals surface area contributed by atoms with Gasteiger partial charge in [0.05, 0.1) is 4.99 Å². The van der Waals surface area contributed by atoms with Crippen molar-refractivity contribution in [3.63, 3.8) is 0 Å². The molecule has 8 nitrogen and oxygen atoms in total. The fraction of sp³-hybridized carbons (Fsp3) is 0.294. The van der Waals surface area contributed by atoms with E-state index in [-0.39, 0.29) is 24.5 Å². The molecular weight excluding hydrogens is 461 g/mol. The Morgan fingerprint density at radius 3 is 2.79 bits per heavy atom. The molecule has 2 aliphatic rings. The normalized spacial score (nSPS) is 20.6. The van der Waals surface area contributed by atoms with Crippen LogP contribution in [0.5, 0.6) is 0 Å². The van der Waals surface area contributed by atoms with E-state index in [1.807, 2.05) is 0 Å². The number of ether oxygens (including phenoxy) is 1. The van der Waals surface area contributed by atoms with Gasteiger partial charge >= 0.3 is 12.1 Å². The van der Waals surface area contributed by atoms with Crippen molar-refractivity contribution >= 4 is 70.1 Å². The number of fused-ring (bicyclic) bond motifs is 1. The lowest BCUT2D eigenvalue weighted by Gasteiger charge is -2.49. The van der Waals surface area contributed by atoms with E-state index in [0.29, 0.717) is 26.2 Å². The number of β-lactam (4-membered cyclic amide) rings is 1. The summed E-state index contributed by atoms with van der Waals surface area (Å²) in [6.45, 7) is -0.287. The number of nitrogens with two attached hydrogens (primary N) is 1. The number of carboxylic acid groups (broad SMARTS) is 1. The molecule has 2 amide bonds. The predicted octanol–water partition coefficient (Wildman–Crippen LogP) is 2.17. The molecule has 4 N–H and O–H groups in total. The monoisotopic (exact) mass is 475 g/mol. The number of aliphatic carboxylic acids is 1. The van der Waals surface area contributed by atoms with Gasteiger partial charge in [-0.2, -0.15) is 0 Å². The maximum absolute atomic E-state index is 12.6. The number of hydrogen-bond donors (Lipinski definition) is 3. The summed E-state index contributed by atoms with van der Waals surface area (Å²) in [6, 6.07) is 4.35. The third-order valence-electron chi connectivity index (χ3n) is 4.31. The van der Waals surface area contributed by atoms with Gasteiger partial charge < -0.3 is 20.9 Å². The topological polar surface area (TPSA) is 122 Å². The van der Waals surface area contributed by atoms with E-state index in [1.165, 1.54) is 16.7 Å². The Hall–Kier alpha value is -2.01. The summed E-state index contributed by atoms with van der Waals surface area (Å²) < 4.78 is 4.69. The van der Waals surface area contributed by atoms with Crippen LogP contribution in [0.2, 0.25) is 10.0 Å². The van der Waals surface area contributed by atoms with Crippen molar-refractivity contribution in [1.29, 1.82) is 0 Å². The Balaban J connectivity index is 1.70. The summed E-state index contributed by atoms with van der Waals surface area (Å²) in [5, 5.41) is 13.1. The number of rotatable bonds is 6. The smallest absolute Gasteiger partial charge is 0.404 e. The van der Waals surface area contributed by atoms with E-state index >= 15 is 0 Å². The average molecular weight is 476 g/mol. The highest BCUT2D eigenvalue weighted by Gasteiger charge is 2.53. The zero-order chi connectivity index (χ0) is 21.3. The summed E-state index contributed by atoms with van der Waals surface area (Å²) in [4.78, 5) is 36.7. The lowest BCUT2D eigenvalue weighted by molar-refractivity contribution is -0.148. The highest BCUT2D eigenvalue weighted by molar-refractivity contribution is 8.00. The number of nitrogens with one attached hydrogen (secondary N) is 1. The first-order valence-electron chi connectivity index (χ1n) is 8.24. The van der Waals surface area contributed by atoms with Crippen LogP contribution in [0.4, 0.5) is 4.79 Å². The lowest BCUT2D eigenvalue weighted by atomic mass is 10.0. The molecule has 0 bridgehead atoms. The van der Waals surface area contributed by atoms with Gasteiger partial charge in [-0.25, -0.2) is 9.59 Å². The molecule has 1 unspecified atom stereocenters. The molecular formula is C17H15Cl2N3O5S2. The van der Waals surface area contributed by atoms with Gasteiger partial charge in [-0.05, 0) is 23.8 Å². The molecule has 0 aromatic heterocycles. The second-order valence-corrected chi connectivity index (χ2v) is 8.67. The van der Waals surface area contributed by atoms with Crippen molar-refractivity contribution in [3.05, 3.63) is 45.1 Å². The SMILES string of the molecule is NC(=O)OCC1=C(C(=O)O)N2C(=O)C(NC(=S)Cc3cc(Cl)ccc3Cl)[C@H]2SC1. The molecule has 3 rings (SSSR count). The Kier molecular flexibility index (Phi) is 6.57. The molecule has 29 heavy (non-hydrogen) atoms. The Bertz CT molecular complexity index is 940. The number of thiocarbonyl (C=S) groups is 1. The average Bonchev–Trinajstić information content (AvgIpc) is 2.66. The van der Waals surface area contributed by atoms with Crippen molar-refractivity contribution in [2.75, 3.05) is 12.4 Å². The maximum Gasteiger partial charge on any atom is 0.404 e. The van der Waals surface area contributed by atoms with Gasteiger partial charge in [0.25, 0.3) is 5.91 Å². The first-order chi connectivity index (χ1) is 13.7. The molecule has 2 heterocycles. The van der Waals surface area contributed by atoms with E-state index < -0.39 is 29.4 Å². The number of amides is 2. The number of halogens is 2. The zero-order valence-electron chi connectivity index (χ0n) is 14.7. The third-order valence-corrected chi connectivity index (χ3v) is 6.52. The quantitative estimate of drug-likeness (QED) is 0.422. The molecule has 0 spiro atoms. The minimum Gasteiger partial charge on any atom is -0.477 e. The van der Waals surface area contributed by atoms with Crippen LogP contribution in [0.15, 0.2) is 29.5 Å². The van der Waals surface area contributed by atoms with Crippen molar-refractivity contribution in [3.8, 4) is 0 Å². The Morgan fingerprint density at radius 2 is 2.14 bits per heavy atom. The zero-order valence-corrected chi connectivity index (χ0v) is 17.8. The molecule has 0 saturated carbocycles. The van der Waals surface area contributed by atoms with Gasteiger partial charge in [0.15, 0.2) is 0 Å². The van der Waals surface area contributed by atoms with Crippen LogP contribution in [-0.4, -0.2) is 56.7 Å². The standard InChI is InChI=1S/C17H15Cl2N3O5S2/c18-9-1-2-10(19)7(3-9)4-11(28)21-12-14(23)22-13(16(24)25)8(5-27-17(20)26)6-29-15(12)22/h1-3,12,15H,4-6H2,(H2,20,26)(H,21,28)(H,24,25)/t12?,15-/m1/s1. The highest BCUT2D eigenvalue weighted by atomic mass is 35.5. The molecule has 154 valence electrons. The third kappa shape index (κ3) is 4.61. The predicted molar refractivity (Wildman–Crippen MR) is 113 cm³/mol. The van der Waals surface area contributed by atoms with Crippen LogP contribution < -0.4 is 11.1 Å². The van der Waals surface area contributed by atoms with Crippen LogP contribution in [0.25, 0.3) is 0 Å². The van der Waals surface area contributed by atoms with Gasteiger partial charge in [-0.1, -0.05) is 35.4 Å². The van der Waals surface area contributed by atoms with Gasteiger partial charge in [0.2, 0.25) is 0 Å². The molecule has 1 aromatic rings. The minimum absolute atomic E-state index is 0.193. The van der Waals surface area contributed by atoms with Crippen LogP contribution in [0.3, 0.4) is 0 Å². The Labute approximate surface area is 185 Å². The first-order valence-corrected chi connectivity index (χ1v) is 10.5. The largest absolute Gasteiger partial charge is 0.477 e. The van der Waals surface area contributed by atoms with E-state index in [0.717, 1.165) is 0 Å². The summed E-state index contributed by atoms with van der Waals surface area (Å²) in [5.74, 6) is -1.44. The van der Waals surface area contributed by atoms with Crippen molar-refractivity contribution in [1.82, 2.24) is 10.2 Å². The number of nitrogens with zero attached hydrogens (tertiary/aromatic N) is 1. The van der Waals surface area contributed by atoms with E-state index in [2.05, 4.69) is 10.1 Å². The van der Waals surface area contributed by atoms with Gasteiger partial charge in [-0.3, -0.25) is 9.69 Å². The highest BCUT2D eigenvalue weighted by Crippen LogP contribution is 2.40. The molecule has 12 heteroatoms. The second-order valence-electron chi connectivity index (χ2n) is 6.23. The minimum atomic E-state index is -1.28. The number of primary amides is 1. The Morgan fingerprint density at radius 1 is 1.41 bits per heavy atom. The van der Waals surface area contributed by atoms with Crippen LogP contribution >= 0.6 is 47.2 Å². The summed E-state index contributed by atoms with van der Waals surface area (Å²) >= 11 is 18.8. The molecule has 1 saturated heterocycles. The van der Waals surface area contributed by atoms with E-state index in [4.69, 9.17) is 41.2 Å². The van der Waals surface area contributed by atoms with Gasteiger partial charge in [-0.15, -0.1) is 11.8 Å². The van der Waals surface area contributed by atoms with Gasteiger partial charge in [0, 0.05) is 27.8 Å². The fourth-order valence-corrected chi connectivity index (χ4v) is 5.02. The molecule has 2 aliphatic heterocycles. The van der Waals surface area contributed by atoms with Crippen molar-refractivity contribution in [2.24, 2.45) is 5.73 Å². The number of carbonyl (C=O) groups is 3. The molecule has 1 aromatic carbocycles. The summed E-state index contributed by atoms with van der Waals surface area (Å²) in [7, 11) is 0. The summed E-state index contributed by atoms with van der Waals surface area (Å²) in [6.07, 6.45) is -0.733. The van der Waals surface area contributed by atoms with Crippen molar-refractivity contribution in [2.45, 2.75) is 17.8 Å². The first kappa shape index (κ1) is 21.7. The van der Waals surface area contributed by atoms with Gasteiger partial charge in [0.1, 0.15) is 23.7 Å². The van der Waals surface area contributed by atoms with E-state index in [9.17, 15) is 19.5 Å². The number of carbonyl (C=O) groups excluding carboxylic acids is 2. The number of thioether (sulfide) groups is 1. The second kappa shape index (κ2) is 8.78. The summed E-state index contributed by atoms with van der Waals surface area (Å²) in [5.41, 5.74) is 5.76. The lowest BCUT2D eigenvalue weighted by Crippen LogP contribution is -2.70. The number of hydrogen-bond acceptors (Lipinski definition) is 6. The van der Waals surface area contributed by atoms with Crippen molar-refractivity contribution < 1.29 is 24.2 Å². The fourth-order valence-electron chi connectivity index (χ4n) is 3.03. The number of carboxylic acids is 1. The molecule has 2 atom stereocenters. The molecule has 1 fully saturated rings. The van der Waals surface area contributed by atoms with E-state index in [1.54, 1.807) is 18.2 Å². The van der Waals surface area contributed by atoms with Crippen LogP contribution in [0.1, 0.15) is 5.56 Å². The number of benzene rings is 1. The maximum atomic E-state index is 12.6. The molecule has 0 radical (unpaired) electrons. The molecule has 0 aliphatic carbocycles. The van der Waals surface area contributed by atoms with Crippen LogP contribution in [-0.2, 0) is 20.7 Å².